The molecule has 0 fully saturated rings. The highest BCUT2D eigenvalue weighted by atomic mass is 35.5. The van der Waals surface area contributed by atoms with E-state index in [-0.39, 0.29) is 11.8 Å². The van der Waals surface area contributed by atoms with Crippen LogP contribution in [0.5, 0.6) is 0 Å². The van der Waals surface area contributed by atoms with Gasteiger partial charge in [-0.3, -0.25) is 14.5 Å². The van der Waals surface area contributed by atoms with Crippen LogP contribution >= 0.6 is 34.5 Å². The molecule has 0 aliphatic carbocycles. The van der Waals surface area contributed by atoms with Gasteiger partial charge >= 0.3 is 0 Å². The molecule has 0 saturated heterocycles. The maximum absolute atomic E-state index is 13.2. The van der Waals surface area contributed by atoms with Gasteiger partial charge in [0.05, 0.1) is 5.57 Å². The van der Waals surface area contributed by atoms with Crippen LogP contribution in [0.15, 0.2) is 65.7 Å². The summed E-state index contributed by atoms with van der Waals surface area (Å²) in [5.74, 6) is -0.614. The van der Waals surface area contributed by atoms with Crippen LogP contribution in [0.2, 0.25) is 10.0 Å². The van der Waals surface area contributed by atoms with Crippen LogP contribution in [0.25, 0.3) is 5.57 Å². The molecule has 4 nitrogen and oxygen atoms in total. The first kappa shape index (κ1) is 20.7. The average molecular weight is 457 g/mol. The Morgan fingerprint density at radius 2 is 1.70 bits per heavy atom. The molecule has 2 heterocycles. The molecule has 152 valence electrons. The summed E-state index contributed by atoms with van der Waals surface area (Å²) in [6.07, 6.45) is 0.555. The maximum Gasteiger partial charge on any atom is 0.278 e. The Morgan fingerprint density at radius 3 is 2.37 bits per heavy atom. The molecule has 0 bridgehead atoms. The molecule has 0 spiro atoms. The van der Waals surface area contributed by atoms with Crippen molar-refractivity contribution < 1.29 is 9.59 Å². The summed E-state index contributed by atoms with van der Waals surface area (Å²) in [4.78, 5) is 28.5. The fourth-order valence-electron chi connectivity index (χ4n) is 3.34. The van der Waals surface area contributed by atoms with Gasteiger partial charge < -0.3 is 5.32 Å². The van der Waals surface area contributed by atoms with Gasteiger partial charge in [0, 0.05) is 27.2 Å². The molecule has 0 saturated carbocycles. The van der Waals surface area contributed by atoms with Crippen LogP contribution in [-0.4, -0.2) is 23.3 Å². The van der Waals surface area contributed by atoms with E-state index in [1.807, 2.05) is 48.7 Å². The molecular formula is C23H18Cl2N2O2S. The molecule has 1 aliphatic rings. The summed E-state index contributed by atoms with van der Waals surface area (Å²) in [5, 5.41) is 6.35. The number of imide groups is 1. The third-order valence-electron chi connectivity index (χ3n) is 4.92. The Kier molecular flexibility index (Phi) is 5.95. The smallest absolute Gasteiger partial charge is 0.278 e. The zero-order valence-corrected chi connectivity index (χ0v) is 18.4. The Bertz CT molecular complexity index is 1140. The lowest BCUT2D eigenvalue weighted by molar-refractivity contribution is -0.136. The summed E-state index contributed by atoms with van der Waals surface area (Å²) < 4.78 is 0. The lowest BCUT2D eigenvalue weighted by Gasteiger charge is -2.16. The Hall–Kier alpha value is -2.60. The molecule has 1 N–H and O–H groups in total. The van der Waals surface area contributed by atoms with Gasteiger partial charge in [0.1, 0.15) is 5.70 Å². The second-order valence-corrected chi connectivity index (χ2v) is 8.77. The van der Waals surface area contributed by atoms with Gasteiger partial charge in [-0.1, -0.05) is 41.4 Å². The number of hydrogen-bond donors (Lipinski definition) is 1. The van der Waals surface area contributed by atoms with Crippen molar-refractivity contribution in [3.05, 3.63) is 91.7 Å². The summed E-state index contributed by atoms with van der Waals surface area (Å²) in [6, 6.07) is 16.5. The highest BCUT2D eigenvalue weighted by Crippen LogP contribution is 2.34. The van der Waals surface area contributed by atoms with Crippen LogP contribution < -0.4 is 5.32 Å². The van der Waals surface area contributed by atoms with Crippen molar-refractivity contribution in [1.29, 1.82) is 0 Å². The van der Waals surface area contributed by atoms with Crippen molar-refractivity contribution in [3.8, 4) is 0 Å². The predicted molar refractivity (Wildman–Crippen MR) is 123 cm³/mol. The number of carbonyl (C=O) groups is 2. The molecule has 0 unspecified atom stereocenters. The number of halogens is 2. The van der Waals surface area contributed by atoms with E-state index in [0.29, 0.717) is 34.3 Å². The van der Waals surface area contributed by atoms with Gasteiger partial charge in [-0.05, 0) is 66.2 Å². The number of nitrogens with one attached hydrogen (secondary N) is 1. The van der Waals surface area contributed by atoms with Crippen molar-refractivity contribution in [1.82, 2.24) is 4.90 Å². The van der Waals surface area contributed by atoms with Gasteiger partial charge in [-0.15, -0.1) is 11.3 Å². The summed E-state index contributed by atoms with van der Waals surface area (Å²) in [5.41, 5.74) is 3.33. The van der Waals surface area contributed by atoms with E-state index in [9.17, 15) is 9.59 Å². The van der Waals surface area contributed by atoms with Crippen molar-refractivity contribution in [2.24, 2.45) is 0 Å². The second kappa shape index (κ2) is 8.64. The number of aryl methyl sites for hydroxylation is 1. The van der Waals surface area contributed by atoms with Crippen molar-refractivity contribution in [3.63, 3.8) is 0 Å². The largest absolute Gasteiger partial charge is 0.350 e. The number of rotatable bonds is 6. The molecule has 0 radical (unpaired) electrons. The van der Waals surface area contributed by atoms with Gasteiger partial charge in [0.2, 0.25) is 0 Å². The topological polar surface area (TPSA) is 49.4 Å². The van der Waals surface area contributed by atoms with Gasteiger partial charge in [0.25, 0.3) is 11.8 Å². The first-order valence-corrected chi connectivity index (χ1v) is 11.0. The fourth-order valence-corrected chi connectivity index (χ4v) is 4.46. The van der Waals surface area contributed by atoms with E-state index >= 15 is 0 Å². The molecule has 3 aromatic rings. The summed E-state index contributed by atoms with van der Waals surface area (Å²) in [7, 11) is 0. The quantitative estimate of drug-likeness (QED) is 0.476. The molecule has 1 aromatic heterocycles. The normalized spacial score (nSPS) is 14.0. The first-order chi connectivity index (χ1) is 14.4. The zero-order valence-electron chi connectivity index (χ0n) is 16.1. The van der Waals surface area contributed by atoms with Crippen LogP contribution in [-0.2, 0) is 16.0 Å². The summed E-state index contributed by atoms with van der Waals surface area (Å²) in [6.45, 7) is 2.19. The van der Waals surface area contributed by atoms with E-state index in [2.05, 4.69) is 5.32 Å². The monoisotopic (exact) mass is 456 g/mol. The SMILES string of the molecule is Cc1cc(Cl)ccc1NC1=C(c2cccs2)C(=O)N(CCc2ccc(Cl)cc2)C1=O. The Labute approximate surface area is 188 Å². The number of benzene rings is 2. The molecule has 0 atom stereocenters. The number of thiophene rings is 1. The molecular weight excluding hydrogens is 439 g/mol. The number of amides is 2. The molecule has 2 amide bonds. The number of nitrogens with zero attached hydrogens (tertiary/aromatic N) is 1. The Balaban J connectivity index is 1.63. The average Bonchev–Trinajstić information content (AvgIpc) is 3.31. The molecule has 4 rings (SSSR count). The van der Waals surface area contributed by atoms with Crippen LogP contribution in [0.3, 0.4) is 0 Å². The summed E-state index contributed by atoms with van der Waals surface area (Å²) >= 11 is 13.4. The minimum absolute atomic E-state index is 0.287. The van der Waals surface area contributed by atoms with E-state index in [0.717, 1.165) is 21.7 Å². The lowest BCUT2D eigenvalue weighted by Crippen LogP contribution is -2.34. The minimum atomic E-state index is -0.327. The lowest BCUT2D eigenvalue weighted by atomic mass is 10.1. The molecule has 30 heavy (non-hydrogen) atoms. The van der Waals surface area contributed by atoms with Crippen LogP contribution in [0.4, 0.5) is 5.69 Å². The minimum Gasteiger partial charge on any atom is -0.350 e. The van der Waals surface area contributed by atoms with Gasteiger partial charge in [-0.25, -0.2) is 0 Å². The van der Waals surface area contributed by atoms with E-state index < -0.39 is 0 Å². The standard InChI is InChI=1S/C23H18Cl2N2O2S/c1-14-13-17(25)8-9-18(14)26-21-20(19-3-2-12-30-19)22(28)27(23(21)29)11-10-15-4-6-16(24)7-5-15/h2-9,12-13,26H,10-11H2,1H3. The maximum atomic E-state index is 13.2. The number of carbonyl (C=O) groups excluding carboxylic acids is 2. The molecule has 2 aromatic carbocycles. The third kappa shape index (κ3) is 4.15. The van der Waals surface area contributed by atoms with E-state index in [1.165, 1.54) is 16.2 Å². The third-order valence-corrected chi connectivity index (χ3v) is 6.30. The second-order valence-electron chi connectivity index (χ2n) is 6.95. The van der Waals surface area contributed by atoms with Crippen molar-refractivity contribution in [2.45, 2.75) is 13.3 Å². The highest BCUT2D eigenvalue weighted by Gasteiger charge is 2.39. The van der Waals surface area contributed by atoms with Crippen molar-refractivity contribution in [2.75, 3.05) is 11.9 Å². The molecule has 7 heteroatoms. The fraction of sp³-hybridized carbons (Fsp3) is 0.130. The van der Waals surface area contributed by atoms with Gasteiger partial charge in [-0.2, -0.15) is 0 Å². The van der Waals surface area contributed by atoms with Crippen LogP contribution in [0.1, 0.15) is 16.0 Å². The van der Waals surface area contributed by atoms with Crippen molar-refractivity contribution >= 4 is 57.6 Å². The van der Waals surface area contributed by atoms with Crippen LogP contribution in [0, 0.1) is 6.92 Å². The number of anilines is 1. The predicted octanol–water partition coefficient (Wildman–Crippen LogP) is 5.80. The van der Waals surface area contributed by atoms with Gasteiger partial charge in [0.15, 0.2) is 0 Å². The number of hydrogen-bond acceptors (Lipinski definition) is 4. The van der Waals surface area contributed by atoms with E-state index in [4.69, 9.17) is 23.2 Å². The van der Waals surface area contributed by atoms with E-state index in [1.54, 1.807) is 18.2 Å². The molecule has 1 aliphatic heterocycles. The highest BCUT2D eigenvalue weighted by molar-refractivity contribution is 7.11. The first-order valence-electron chi connectivity index (χ1n) is 9.36. The zero-order chi connectivity index (χ0) is 21.3. The Morgan fingerprint density at radius 1 is 0.967 bits per heavy atom.